The number of hydrogen-bond donors (Lipinski definition) is 1. The summed E-state index contributed by atoms with van der Waals surface area (Å²) in [5, 5.41) is 3.29. The fourth-order valence-electron chi connectivity index (χ4n) is 2.35. The van der Waals surface area contributed by atoms with Crippen LogP contribution in [0.5, 0.6) is 0 Å². The van der Waals surface area contributed by atoms with E-state index in [1.54, 1.807) is 16.7 Å². The first-order valence-corrected chi connectivity index (χ1v) is 8.60. The molecule has 0 radical (unpaired) electrons. The standard InChI is InChI=1S/C16H24N2O2S/c1-18(11-13-3-5-15(21-2)6-4-13)16(19)12-20-14-7-9-17-10-8-14/h3-6,14,17H,7-12H2,1-2H3. The number of thioether (sulfide) groups is 1. The number of ether oxygens (including phenoxy) is 1. The lowest BCUT2D eigenvalue weighted by molar-refractivity contribution is -0.137. The second-order valence-corrected chi connectivity index (χ2v) is 6.24. The lowest BCUT2D eigenvalue weighted by atomic mass is 10.1. The third kappa shape index (κ3) is 5.34. The van der Waals surface area contributed by atoms with Crippen molar-refractivity contribution in [2.24, 2.45) is 0 Å². The van der Waals surface area contributed by atoms with Crippen LogP contribution in [0.1, 0.15) is 18.4 Å². The molecule has 1 aliphatic rings. The highest BCUT2D eigenvalue weighted by Gasteiger charge is 2.16. The van der Waals surface area contributed by atoms with E-state index in [2.05, 4.69) is 35.8 Å². The van der Waals surface area contributed by atoms with Gasteiger partial charge in [0, 0.05) is 18.5 Å². The highest BCUT2D eigenvalue weighted by atomic mass is 32.2. The van der Waals surface area contributed by atoms with E-state index in [9.17, 15) is 4.79 Å². The van der Waals surface area contributed by atoms with Crippen molar-refractivity contribution in [2.45, 2.75) is 30.4 Å². The Hall–Kier alpha value is -1.04. The molecule has 1 amide bonds. The molecule has 0 saturated carbocycles. The molecule has 116 valence electrons. The third-order valence-corrected chi connectivity index (χ3v) is 4.48. The number of nitrogens with one attached hydrogen (secondary N) is 1. The zero-order valence-electron chi connectivity index (χ0n) is 12.8. The quantitative estimate of drug-likeness (QED) is 0.818. The van der Waals surface area contributed by atoms with E-state index in [1.807, 2.05) is 7.05 Å². The smallest absolute Gasteiger partial charge is 0.248 e. The van der Waals surface area contributed by atoms with Crippen LogP contribution in [-0.2, 0) is 16.1 Å². The number of carbonyl (C=O) groups is 1. The first kappa shape index (κ1) is 16.3. The molecule has 0 aromatic heterocycles. The fraction of sp³-hybridized carbons (Fsp3) is 0.562. The van der Waals surface area contributed by atoms with Crippen molar-refractivity contribution < 1.29 is 9.53 Å². The Bertz CT molecular complexity index is 444. The fourth-order valence-corrected chi connectivity index (χ4v) is 2.76. The van der Waals surface area contributed by atoms with Gasteiger partial charge in [0.2, 0.25) is 5.91 Å². The summed E-state index contributed by atoms with van der Waals surface area (Å²) in [6.07, 6.45) is 4.27. The molecule has 0 spiro atoms. The van der Waals surface area contributed by atoms with E-state index >= 15 is 0 Å². The molecule has 0 bridgehead atoms. The van der Waals surface area contributed by atoms with Crippen LogP contribution in [0.2, 0.25) is 0 Å². The van der Waals surface area contributed by atoms with Crippen molar-refractivity contribution in [1.29, 1.82) is 0 Å². The van der Waals surface area contributed by atoms with Crippen molar-refractivity contribution in [2.75, 3.05) is 33.0 Å². The average molecular weight is 308 g/mol. The molecule has 1 aromatic carbocycles. The van der Waals surface area contributed by atoms with Crippen LogP contribution in [0.4, 0.5) is 0 Å². The molecule has 1 aromatic rings. The summed E-state index contributed by atoms with van der Waals surface area (Å²) >= 11 is 1.72. The van der Waals surface area contributed by atoms with Crippen molar-refractivity contribution >= 4 is 17.7 Å². The Morgan fingerprint density at radius 2 is 2.00 bits per heavy atom. The van der Waals surface area contributed by atoms with Crippen molar-refractivity contribution in [3.05, 3.63) is 29.8 Å². The summed E-state index contributed by atoms with van der Waals surface area (Å²) < 4.78 is 5.71. The molecule has 21 heavy (non-hydrogen) atoms. The van der Waals surface area contributed by atoms with Crippen LogP contribution in [0, 0.1) is 0 Å². The number of amides is 1. The normalized spacial score (nSPS) is 15.9. The minimum atomic E-state index is 0.0440. The van der Waals surface area contributed by atoms with Crippen LogP contribution >= 0.6 is 11.8 Å². The minimum absolute atomic E-state index is 0.0440. The van der Waals surface area contributed by atoms with Gasteiger partial charge in [-0.05, 0) is 49.9 Å². The summed E-state index contributed by atoms with van der Waals surface area (Å²) in [7, 11) is 1.83. The van der Waals surface area contributed by atoms with Crippen LogP contribution in [0.15, 0.2) is 29.2 Å². The zero-order valence-corrected chi connectivity index (χ0v) is 13.6. The van der Waals surface area contributed by atoms with Gasteiger partial charge in [-0.15, -0.1) is 11.8 Å². The third-order valence-electron chi connectivity index (χ3n) is 3.73. The number of hydrogen-bond acceptors (Lipinski definition) is 4. The van der Waals surface area contributed by atoms with Crippen LogP contribution in [-0.4, -0.2) is 49.9 Å². The summed E-state index contributed by atoms with van der Waals surface area (Å²) in [4.78, 5) is 15.1. The molecular formula is C16H24N2O2S. The Kier molecular flexibility index (Phi) is 6.54. The maximum absolute atomic E-state index is 12.1. The molecule has 1 fully saturated rings. The molecule has 4 nitrogen and oxygen atoms in total. The van der Waals surface area contributed by atoms with Gasteiger partial charge < -0.3 is 15.0 Å². The molecule has 0 atom stereocenters. The summed E-state index contributed by atoms with van der Waals surface area (Å²) in [5.41, 5.74) is 1.14. The number of rotatable bonds is 6. The van der Waals surface area contributed by atoms with Gasteiger partial charge in [0.15, 0.2) is 0 Å². The Morgan fingerprint density at radius 1 is 1.33 bits per heavy atom. The summed E-state index contributed by atoms with van der Waals surface area (Å²) in [6.45, 7) is 2.78. The molecule has 5 heteroatoms. The number of likely N-dealkylation sites (N-methyl/N-ethyl adjacent to an activating group) is 1. The Labute approximate surface area is 131 Å². The second kappa shape index (κ2) is 8.41. The van der Waals surface area contributed by atoms with Gasteiger partial charge in [-0.2, -0.15) is 0 Å². The summed E-state index contributed by atoms with van der Waals surface area (Å²) in [6, 6.07) is 8.32. The summed E-state index contributed by atoms with van der Waals surface area (Å²) in [5.74, 6) is 0.0440. The van der Waals surface area contributed by atoms with E-state index in [4.69, 9.17) is 4.74 Å². The Balaban J connectivity index is 1.75. The lowest BCUT2D eigenvalue weighted by Gasteiger charge is -2.24. The molecule has 1 aliphatic heterocycles. The molecule has 2 rings (SSSR count). The van der Waals surface area contributed by atoms with Gasteiger partial charge in [-0.1, -0.05) is 12.1 Å². The average Bonchev–Trinajstić information content (AvgIpc) is 2.54. The predicted octanol–water partition coefficient (Wildman–Crippen LogP) is 2.14. The van der Waals surface area contributed by atoms with Gasteiger partial charge in [-0.3, -0.25) is 4.79 Å². The number of benzene rings is 1. The van der Waals surface area contributed by atoms with E-state index in [1.165, 1.54) is 4.90 Å². The topological polar surface area (TPSA) is 41.6 Å². The van der Waals surface area contributed by atoms with Crippen LogP contribution in [0.25, 0.3) is 0 Å². The first-order valence-electron chi connectivity index (χ1n) is 7.38. The van der Waals surface area contributed by atoms with Crippen molar-refractivity contribution in [3.63, 3.8) is 0 Å². The van der Waals surface area contributed by atoms with Crippen LogP contribution in [0.3, 0.4) is 0 Å². The van der Waals surface area contributed by atoms with Gasteiger partial charge in [0.1, 0.15) is 6.61 Å². The zero-order chi connectivity index (χ0) is 15.1. The number of nitrogens with zero attached hydrogens (tertiary/aromatic N) is 1. The van der Waals surface area contributed by atoms with E-state index in [0.717, 1.165) is 31.5 Å². The highest BCUT2D eigenvalue weighted by molar-refractivity contribution is 7.98. The minimum Gasteiger partial charge on any atom is -0.368 e. The highest BCUT2D eigenvalue weighted by Crippen LogP contribution is 2.15. The monoisotopic (exact) mass is 308 g/mol. The maximum Gasteiger partial charge on any atom is 0.248 e. The van der Waals surface area contributed by atoms with Crippen LogP contribution < -0.4 is 5.32 Å². The van der Waals surface area contributed by atoms with E-state index < -0.39 is 0 Å². The van der Waals surface area contributed by atoms with E-state index in [-0.39, 0.29) is 18.6 Å². The van der Waals surface area contributed by atoms with Crippen molar-refractivity contribution in [3.8, 4) is 0 Å². The first-order chi connectivity index (χ1) is 10.2. The van der Waals surface area contributed by atoms with Crippen molar-refractivity contribution in [1.82, 2.24) is 10.2 Å². The van der Waals surface area contributed by atoms with Gasteiger partial charge in [0.05, 0.1) is 6.10 Å². The molecule has 0 aliphatic carbocycles. The lowest BCUT2D eigenvalue weighted by Crippen LogP contribution is -2.36. The molecule has 1 heterocycles. The molecular weight excluding hydrogens is 284 g/mol. The number of piperidine rings is 1. The molecule has 1 saturated heterocycles. The largest absolute Gasteiger partial charge is 0.368 e. The molecule has 1 N–H and O–H groups in total. The maximum atomic E-state index is 12.1. The Morgan fingerprint density at radius 3 is 2.62 bits per heavy atom. The molecule has 0 unspecified atom stereocenters. The number of carbonyl (C=O) groups excluding carboxylic acids is 1. The van der Waals surface area contributed by atoms with E-state index in [0.29, 0.717) is 6.54 Å². The second-order valence-electron chi connectivity index (χ2n) is 5.36. The van der Waals surface area contributed by atoms with Gasteiger partial charge in [-0.25, -0.2) is 0 Å². The predicted molar refractivity (Wildman–Crippen MR) is 86.5 cm³/mol. The van der Waals surface area contributed by atoms with Gasteiger partial charge >= 0.3 is 0 Å². The van der Waals surface area contributed by atoms with Gasteiger partial charge in [0.25, 0.3) is 0 Å². The SMILES string of the molecule is CSc1ccc(CN(C)C(=O)COC2CCNCC2)cc1.